The molecular weight excluding hydrogens is 1760 g/mol. The molecule has 0 saturated carbocycles. The topological polar surface area (TPSA) is 348 Å². The van der Waals surface area contributed by atoms with Crippen LogP contribution in [0.4, 0.5) is 13.2 Å². The first-order chi connectivity index (χ1) is 63.6. The third-order valence-electron chi connectivity index (χ3n) is 22.9. The first-order valence-corrected chi connectivity index (χ1v) is 43.5. The normalized spacial score (nSPS) is 14.3. The summed E-state index contributed by atoms with van der Waals surface area (Å²) in [5.41, 5.74) is 20.1. The number of carbonyl (C=O) groups is 5. The first kappa shape index (κ1) is 95.5. The molecule has 4 atom stereocenters. The van der Waals surface area contributed by atoms with Crippen molar-refractivity contribution in [2.45, 2.75) is 122 Å². The van der Waals surface area contributed by atoms with Gasteiger partial charge in [0.15, 0.2) is 22.6 Å². The molecule has 132 heavy (non-hydrogen) atoms. The summed E-state index contributed by atoms with van der Waals surface area (Å²) in [5.74, 6) is -2.33. The molecular formula is C99H102BrF3N16O13. The maximum absolute atomic E-state index is 12.9. The SMILES string of the molecule is C.CCOC(=O)C(Br)c1ccccc1.CCOC(=O)C(c1ccccc1)N1CCc2c(cnc3c2cnn3Cc2ccc(OC)cc2)C1.COc1ccc(Cn2ncc3c4c(cnc32)CN(C(C(=O)O)c2ccccc2)CC4)cc1.COc1ccc(Cn2ncc3c4c(cnc32)CNCC4)cc1.O=C(O)C(F)(F)F.O=C(O)C(c1ccccc1)N1CCc2c(cnc3[nH]ncc23)C1. The van der Waals surface area contributed by atoms with Crippen molar-refractivity contribution in [1.29, 1.82) is 0 Å². The maximum atomic E-state index is 12.9. The number of aliphatic carboxylic acids is 3. The highest BCUT2D eigenvalue weighted by atomic mass is 79.9. The Morgan fingerprint density at radius 1 is 0.424 bits per heavy atom. The number of hydrogen-bond acceptors (Lipinski definition) is 22. The Bertz CT molecular complexity index is 6400. The predicted molar refractivity (Wildman–Crippen MR) is 495 cm³/mol. The number of rotatable bonds is 22. The summed E-state index contributed by atoms with van der Waals surface area (Å²) >= 11 is 3.28. The van der Waals surface area contributed by atoms with Crippen molar-refractivity contribution < 1.29 is 76.1 Å². The number of nitrogens with one attached hydrogen (secondary N) is 2. The molecule has 0 radical (unpaired) electrons. The fourth-order valence-electron chi connectivity index (χ4n) is 16.5. The Hall–Kier alpha value is -14.1. The Morgan fingerprint density at radius 2 is 0.758 bits per heavy atom. The number of H-pyrrole nitrogens is 1. The van der Waals surface area contributed by atoms with E-state index >= 15 is 0 Å². The van der Waals surface area contributed by atoms with Crippen molar-refractivity contribution in [3.8, 4) is 17.2 Å². The maximum Gasteiger partial charge on any atom is 0.490 e. The summed E-state index contributed by atoms with van der Waals surface area (Å²) in [6.07, 6.45) is 13.5. The number of methoxy groups -OCH3 is 3. The number of nitrogens with zero attached hydrogens (tertiary/aromatic N) is 14. The lowest BCUT2D eigenvalue weighted by molar-refractivity contribution is -0.192. The number of carbonyl (C=O) groups excluding carboxylic acids is 2. The molecule has 4 aliphatic rings. The van der Waals surface area contributed by atoms with Crippen molar-refractivity contribution in [1.82, 2.24) is 79.5 Å². The molecule has 4 unspecified atom stereocenters. The van der Waals surface area contributed by atoms with Gasteiger partial charge < -0.3 is 44.3 Å². The summed E-state index contributed by atoms with van der Waals surface area (Å²) < 4.78 is 63.5. The van der Waals surface area contributed by atoms with E-state index in [0.29, 0.717) is 59.0 Å². The number of halogens is 4. The minimum absolute atomic E-state index is 0. The molecule has 8 aromatic heterocycles. The molecule has 12 heterocycles. The summed E-state index contributed by atoms with van der Waals surface area (Å²) in [6, 6.07) is 60.4. The summed E-state index contributed by atoms with van der Waals surface area (Å²) in [6.45, 7) is 12.2. The van der Waals surface area contributed by atoms with Crippen LogP contribution in [0.25, 0.3) is 44.1 Å². The van der Waals surface area contributed by atoms with Crippen molar-refractivity contribution in [2.75, 3.05) is 60.7 Å². The second kappa shape index (κ2) is 44.9. The monoisotopic (exact) mass is 1860 g/mol. The van der Waals surface area contributed by atoms with Gasteiger partial charge in [-0.1, -0.05) is 181 Å². The summed E-state index contributed by atoms with van der Waals surface area (Å²) in [7, 11) is 5.00. The highest BCUT2D eigenvalue weighted by Crippen LogP contribution is 2.37. The smallest absolute Gasteiger partial charge is 0.490 e. The number of esters is 2. The van der Waals surface area contributed by atoms with Gasteiger partial charge in [-0.25, -0.2) is 43.6 Å². The molecule has 29 nitrogen and oxygen atoms in total. The Balaban J connectivity index is 0.000000141. The largest absolute Gasteiger partial charge is 0.497 e. The zero-order valence-corrected chi connectivity index (χ0v) is 74.2. The van der Waals surface area contributed by atoms with E-state index in [2.05, 4.69) is 73.7 Å². The van der Waals surface area contributed by atoms with Gasteiger partial charge in [0.25, 0.3) is 0 Å². The van der Waals surface area contributed by atoms with Crippen LogP contribution in [0.2, 0.25) is 0 Å². The fourth-order valence-corrected chi connectivity index (χ4v) is 17.0. The molecule has 4 aliphatic heterocycles. The van der Waals surface area contributed by atoms with Gasteiger partial charge in [0, 0.05) is 92.1 Å². The third-order valence-corrected chi connectivity index (χ3v) is 23.8. The highest BCUT2D eigenvalue weighted by Gasteiger charge is 2.39. The van der Waals surface area contributed by atoms with Gasteiger partial charge in [0.1, 0.15) is 40.2 Å². The van der Waals surface area contributed by atoms with Gasteiger partial charge in [-0.2, -0.15) is 33.6 Å². The molecule has 0 fully saturated rings. The number of fused-ring (bicyclic) bond motifs is 12. The van der Waals surface area contributed by atoms with Gasteiger partial charge in [-0.05, 0) is 166 Å². The molecule has 5 N–H and O–H groups in total. The molecule has 0 bridgehead atoms. The van der Waals surface area contributed by atoms with Crippen molar-refractivity contribution in [3.05, 3.63) is 327 Å². The molecule has 0 saturated heterocycles. The van der Waals surface area contributed by atoms with Crippen LogP contribution in [0.1, 0.15) is 128 Å². The number of pyridine rings is 4. The van der Waals surface area contributed by atoms with E-state index in [0.717, 1.165) is 158 Å². The van der Waals surface area contributed by atoms with E-state index in [-0.39, 0.29) is 24.2 Å². The van der Waals surface area contributed by atoms with Crippen molar-refractivity contribution >= 4 is 89.9 Å². The minimum atomic E-state index is -5.08. The van der Waals surface area contributed by atoms with Gasteiger partial charge in [-0.3, -0.25) is 34.2 Å². The van der Waals surface area contributed by atoms with Gasteiger partial charge >= 0.3 is 36.0 Å². The van der Waals surface area contributed by atoms with Gasteiger partial charge in [0.05, 0.1) is 79.0 Å². The Morgan fingerprint density at radius 3 is 1.12 bits per heavy atom. The van der Waals surface area contributed by atoms with E-state index in [4.69, 9.17) is 43.6 Å². The number of hydrogen-bond donors (Lipinski definition) is 5. The zero-order chi connectivity index (χ0) is 92.1. The van der Waals surface area contributed by atoms with E-state index < -0.39 is 42.2 Å². The molecule has 0 aliphatic carbocycles. The van der Waals surface area contributed by atoms with Gasteiger partial charge in [0.2, 0.25) is 0 Å². The van der Waals surface area contributed by atoms with Crippen LogP contribution < -0.4 is 19.5 Å². The van der Waals surface area contributed by atoms with Crippen LogP contribution in [0.3, 0.4) is 0 Å². The lowest BCUT2D eigenvalue weighted by Crippen LogP contribution is -2.39. The minimum Gasteiger partial charge on any atom is -0.497 e. The average Bonchev–Trinajstić information content (AvgIpc) is 1.73. The fraction of sp³-hybridized carbons (Fsp3) is 0.283. The van der Waals surface area contributed by atoms with Crippen LogP contribution >= 0.6 is 15.9 Å². The quantitative estimate of drug-likeness (QED) is 0.0311. The van der Waals surface area contributed by atoms with Crippen molar-refractivity contribution in [2.24, 2.45) is 0 Å². The van der Waals surface area contributed by atoms with Crippen LogP contribution in [-0.2, 0) is 105 Å². The Labute approximate surface area is 768 Å². The molecule has 684 valence electrons. The standard InChI is InChI=1S/C27H28N4O3.C25H24N4O3.C17H16N4O2.C17H18N4O.C10H11BrO2.C2HF3O2.CH4/c1-3-34-27(32)25(20-7-5-4-6-8-20)30-14-13-23-21(18-30)15-28-26-24(23)16-29-31(26)17-19-9-11-22(33-2)12-10-19;1-32-20-9-7-17(8-10-20)15-29-24-22(14-27-29)21-11-12-28(16-19(21)13-26-24)23(25(30)31)18-5-3-2-4-6-18;22-17(23)15(11-4-2-1-3-5-11)21-7-6-13-12(10-21)8-18-16-14(13)9-19-20-16;1-22-14-4-2-12(3-5-14)11-21-17-16(10-20-21)15-6-7-18-8-13(15)9-19-17;1-2-13-10(12)9(11)8-6-4-3-5-7-8;3-2(4,5)1(6)7;/h4-12,15-16,25H,3,13-14,17-18H2,1-2H3;2-10,13-14,23H,11-12,15-16H2,1H3,(H,30,31);1-5,8-9,15H,6-7,10H2,(H,22,23)(H,18,19,20);2-5,9-10,18H,6-8,11H2,1H3;3-7,9H,2H2,1H3;(H,6,7);1H4. The molecule has 15 aromatic rings. The predicted octanol–water partition coefficient (Wildman–Crippen LogP) is 16.1. The second-order valence-electron chi connectivity index (χ2n) is 31.1. The van der Waals surface area contributed by atoms with E-state index in [9.17, 15) is 42.6 Å². The number of benzene rings is 7. The average molecular weight is 1860 g/mol. The van der Waals surface area contributed by atoms with Crippen LogP contribution in [0.15, 0.2) is 244 Å². The number of carboxylic acid groups (broad SMARTS) is 3. The van der Waals surface area contributed by atoms with Gasteiger partial charge in [-0.15, -0.1) is 0 Å². The summed E-state index contributed by atoms with van der Waals surface area (Å²) in [4.78, 5) is 81.2. The van der Waals surface area contributed by atoms with E-state index in [1.165, 1.54) is 38.8 Å². The van der Waals surface area contributed by atoms with E-state index in [1.54, 1.807) is 34.4 Å². The number of aromatic nitrogens is 12. The first-order valence-electron chi connectivity index (χ1n) is 42.6. The summed E-state index contributed by atoms with van der Waals surface area (Å²) in [5, 5.41) is 55.1. The van der Waals surface area contributed by atoms with Crippen LogP contribution in [-0.4, -0.2) is 186 Å². The number of ether oxygens (including phenoxy) is 5. The molecule has 19 rings (SSSR count). The van der Waals surface area contributed by atoms with E-state index in [1.807, 2.05) is 256 Å². The molecule has 33 heteroatoms. The Kier molecular flexibility index (Phi) is 32.5. The molecule has 0 amide bonds. The van der Waals surface area contributed by atoms with Crippen molar-refractivity contribution in [3.63, 3.8) is 0 Å². The number of alkyl halides is 4. The van der Waals surface area contributed by atoms with Crippen LogP contribution in [0, 0.1) is 0 Å². The lowest BCUT2D eigenvalue weighted by Gasteiger charge is -2.34. The third kappa shape index (κ3) is 23.2. The number of aromatic amines is 1. The zero-order valence-electron chi connectivity index (χ0n) is 72.6. The van der Waals surface area contributed by atoms with Crippen LogP contribution in [0.5, 0.6) is 17.2 Å². The number of carboxylic acids is 3. The highest BCUT2D eigenvalue weighted by molar-refractivity contribution is 9.09. The lowest BCUT2D eigenvalue weighted by atomic mass is 9.96. The second-order valence-corrected chi connectivity index (χ2v) is 32.0. The molecule has 7 aromatic carbocycles. The molecule has 0 spiro atoms.